The molecule has 2 aliphatic rings. The molecule has 0 saturated carbocycles. The largest absolute Gasteiger partial charge is 0.481 e. The van der Waals surface area contributed by atoms with Crippen LogP contribution in [0.15, 0.2) is 29.0 Å². The van der Waals surface area contributed by atoms with Crippen LogP contribution in [0.1, 0.15) is 33.1 Å². The fraction of sp³-hybridized carbons (Fsp3) is 0.480. The molecule has 0 bridgehead atoms. The van der Waals surface area contributed by atoms with E-state index in [9.17, 15) is 14.7 Å². The first-order chi connectivity index (χ1) is 17.7. The number of fused-ring (bicyclic) bond motifs is 1. The Balaban J connectivity index is 1.36. The number of anilines is 2. The second-order valence-electron chi connectivity index (χ2n) is 9.71. The zero-order valence-electron chi connectivity index (χ0n) is 21.1. The van der Waals surface area contributed by atoms with Gasteiger partial charge in [0.2, 0.25) is 5.95 Å². The van der Waals surface area contributed by atoms with Crippen LogP contribution in [0.3, 0.4) is 0 Å². The highest BCUT2D eigenvalue weighted by Crippen LogP contribution is 2.39. The fourth-order valence-corrected chi connectivity index (χ4v) is 6.63. The zero-order valence-corrected chi connectivity index (χ0v) is 23.5. The monoisotopic (exact) mass is 587 g/mol. The van der Waals surface area contributed by atoms with E-state index in [0.29, 0.717) is 63.3 Å². The number of aliphatic carboxylic acids is 1. The molecule has 12 heteroatoms. The third kappa shape index (κ3) is 4.77. The molecule has 4 heterocycles. The quantitative estimate of drug-likeness (QED) is 0.442. The number of carbonyl (C=O) groups is 2. The van der Waals surface area contributed by atoms with E-state index in [1.165, 1.54) is 11.3 Å². The molecule has 0 unspecified atom stereocenters. The zero-order chi connectivity index (χ0) is 26.3. The van der Waals surface area contributed by atoms with Gasteiger partial charge in [-0.25, -0.2) is 19.7 Å². The third-order valence-corrected chi connectivity index (χ3v) is 9.46. The Morgan fingerprint density at radius 3 is 2.46 bits per heavy atom. The van der Waals surface area contributed by atoms with Gasteiger partial charge in [-0.1, -0.05) is 18.3 Å². The molecule has 2 amide bonds. The van der Waals surface area contributed by atoms with Crippen LogP contribution in [-0.4, -0.2) is 81.9 Å². The fourth-order valence-electron chi connectivity index (χ4n) is 5.00. The second kappa shape index (κ2) is 10.1. The van der Waals surface area contributed by atoms with E-state index in [-0.39, 0.29) is 6.03 Å². The molecule has 0 aliphatic carbocycles. The first-order valence-electron chi connectivity index (χ1n) is 12.4. The number of aromatic nitrogens is 3. The molecule has 1 aromatic carbocycles. The summed E-state index contributed by atoms with van der Waals surface area (Å²) in [6.45, 7) is 6.91. The molecule has 0 radical (unpaired) electrons. The van der Waals surface area contributed by atoms with Gasteiger partial charge in [0.05, 0.1) is 29.0 Å². The molecule has 2 saturated heterocycles. The number of benzene rings is 1. The SMILES string of the molecule is CCN1CN(C)CN(c2nc3cc(-c4cnc(N5CCC(CC)(C(=O)O)CC5)nc4)cc(Br)c3s2)C1=O. The summed E-state index contributed by atoms with van der Waals surface area (Å²) < 4.78 is 1.88. The normalized spacial score (nSPS) is 18.6. The van der Waals surface area contributed by atoms with E-state index < -0.39 is 11.4 Å². The van der Waals surface area contributed by atoms with Crippen molar-refractivity contribution in [2.45, 2.75) is 33.1 Å². The highest BCUT2D eigenvalue weighted by Gasteiger charge is 2.40. The van der Waals surface area contributed by atoms with Gasteiger partial charge in [0.25, 0.3) is 0 Å². The van der Waals surface area contributed by atoms with Crippen LogP contribution in [0.25, 0.3) is 21.3 Å². The van der Waals surface area contributed by atoms with Crippen molar-refractivity contribution in [3.63, 3.8) is 0 Å². The number of piperidine rings is 1. The van der Waals surface area contributed by atoms with Crippen molar-refractivity contribution in [3.8, 4) is 11.1 Å². The van der Waals surface area contributed by atoms with Gasteiger partial charge in [0.15, 0.2) is 5.13 Å². The first kappa shape index (κ1) is 25.8. The van der Waals surface area contributed by atoms with Gasteiger partial charge < -0.3 is 14.9 Å². The number of halogens is 1. The average molecular weight is 589 g/mol. The van der Waals surface area contributed by atoms with Crippen molar-refractivity contribution in [2.24, 2.45) is 5.41 Å². The maximum atomic E-state index is 12.9. The summed E-state index contributed by atoms with van der Waals surface area (Å²) in [6, 6.07) is 3.99. The van der Waals surface area contributed by atoms with Gasteiger partial charge in [0, 0.05) is 42.1 Å². The minimum Gasteiger partial charge on any atom is -0.481 e. The molecule has 37 heavy (non-hydrogen) atoms. The number of thiazole rings is 1. The van der Waals surface area contributed by atoms with Crippen LogP contribution >= 0.6 is 27.3 Å². The lowest BCUT2D eigenvalue weighted by Gasteiger charge is -2.38. The molecular weight excluding hydrogens is 558 g/mol. The van der Waals surface area contributed by atoms with E-state index in [2.05, 4.69) is 35.7 Å². The van der Waals surface area contributed by atoms with Gasteiger partial charge in [-0.05, 0) is 66.9 Å². The summed E-state index contributed by atoms with van der Waals surface area (Å²) in [7, 11) is 1.99. The summed E-state index contributed by atoms with van der Waals surface area (Å²) in [5.41, 5.74) is 1.94. The summed E-state index contributed by atoms with van der Waals surface area (Å²) in [5, 5.41) is 10.3. The van der Waals surface area contributed by atoms with E-state index in [4.69, 9.17) is 4.98 Å². The standard InChI is InChI=1S/C25H30BrN7O3S/c1-4-25(21(34)35)6-8-32(9-7-25)22-27-12-17(13-28-22)16-10-18(26)20-19(11-16)29-23(37-20)33-15-30(3)14-31(5-2)24(33)36/h10-13H,4-9,14-15H2,1-3H3,(H,34,35). The van der Waals surface area contributed by atoms with Crippen LogP contribution in [0, 0.1) is 5.41 Å². The Labute approximate surface area is 228 Å². The molecule has 5 rings (SSSR count). The number of urea groups is 1. The van der Waals surface area contributed by atoms with Crippen LogP contribution in [0.4, 0.5) is 15.9 Å². The van der Waals surface area contributed by atoms with Crippen LogP contribution in [-0.2, 0) is 4.79 Å². The van der Waals surface area contributed by atoms with E-state index in [0.717, 1.165) is 25.8 Å². The number of rotatable bonds is 6. The van der Waals surface area contributed by atoms with Crippen molar-refractivity contribution in [1.29, 1.82) is 0 Å². The molecule has 2 aromatic heterocycles. The van der Waals surface area contributed by atoms with Crippen molar-refractivity contribution < 1.29 is 14.7 Å². The van der Waals surface area contributed by atoms with Gasteiger partial charge in [0.1, 0.15) is 0 Å². The van der Waals surface area contributed by atoms with Gasteiger partial charge >= 0.3 is 12.0 Å². The highest BCUT2D eigenvalue weighted by molar-refractivity contribution is 9.10. The van der Waals surface area contributed by atoms with E-state index >= 15 is 0 Å². The summed E-state index contributed by atoms with van der Waals surface area (Å²) >= 11 is 5.18. The van der Waals surface area contributed by atoms with Crippen molar-refractivity contribution in [2.75, 3.05) is 49.8 Å². The first-order valence-corrected chi connectivity index (χ1v) is 14.0. The molecule has 196 valence electrons. The van der Waals surface area contributed by atoms with Gasteiger partial charge in [-0.3, -0.25) is 14.6 Å². The van der Waals surface area contributed by atoms with E-state index in [1.807, 2.05) is 33.0 Å². The predicted molar refractivity (Wildman–Crippen MR) is 148 cm³/mol. The Bertz CT molecular complexity index is 1320. The second-order valence-corrected chi connectivity index (χ2v) is 11.5. The van der Waals surface area contributed by atoms with Crippen LogP contribution in [0.2, 0.25) is 0 Å². The Hall–Kier alpha value is -2.83. The minimum absolute atomic E-state index is 0.0303. The lowest BCUT2D eigenvalue weighted by atomic mass is 9.76. The van der Waals surface area contributed by atoms with Gasteiger partial charge in [-0.2, -0.15) is 0 Å². The number of nitrogens with zero attached hydrogens (tertiary/aromatic N) is 7. The number of carboxylic acid groups (broad SMARTS) is 1. The maximum absolute atomic E-state index is 12.9. The lowest BCUT2D eigenvalue weighted by Crippen LogP contribution is -2.56. The minimum atomic E-state index is -0.712. The molecule has 2 aliphatic heterocycles. The maximum Gasteiger partial charge on any atom is 0.328 e. The smallest absolute Gasteiger partial charge is 0.328 e. The third-order valence-electron chi connectivity index (χ3n) is 7.45. The predicted octanol–water partition coefficient (Wildman–Crippen LogP) is 4.71. The summed E-state index contributed by atoms with van der Waals surface area (Å²) in [4.78, 5) is 46.3. The van der Waals surface area contributed by atoms with Crippen LogP contribution < -0.4 is 9.80 Å². The average Bonchev–Trinajstić information content (AvgIpc) is 3.34. The summed E-state index contributed by atoms with van der Waals surface area (Å²) in [6.07, 6.45) is 5.40. The Morgan fingerprint density at radius 1 is 1.14 bits per heavy atom. The van der Waals surface area contributed by atoms with Crippen molar-refractivity contribution in [1.82, 2.24) is 24.8 Å². The number of carbonyl (C=O) groups excluding carboxylic acids is 1. The molecule has 0 atom stereocenters. The lowest BCUT2D eigenvalue weighted by molar-refractivity contribution is -0.150. The van der Waals surface area contributed by atoms with Crippen LogP contribution in [0.5, 0.6) is 0 Å². The van der Waals surface area contributed by atoms with Gasteiger partial charge in [-0.15, -0.1) is 0 Å². The number of carboxylic acids is 1. The molecule has 10 nitrogen and oxygen atoms in total. The molecule has 0 spiro atoms. The van der Waals surface area contributed by atoms with Crippen molar-refractivity contribution in [3.05, 3.63) is 29.0 Å². The Morgan fingerprint density at radius 2 is 1.84 bits per heavy atom. The number of hydrogen-bond donors (Lipinski definition) is 1. The van der Waals surface area contributed by atoms with Crippen molar-refractivity contribution >= 4 is 60.6 Å². The van der Waals surface area contributed by atoms with E-state index in [1.54, 1.807) is 22.2 Å². The molecule has 3 aromatic rings. The molecular formula is C25H30BrN7O3S. The summed E-state index contributed by atoms with van der Waals surface area (Å²) in [5.74, 6) is -0.0976. The molecule has 2 fully saturated rings. The Kier molecular flexibility index (Phi) is 7.08. The topological polar surface area (TPSA) is 106 Å². The number of hydrogen-bond acceptors (Lipinski definition) is 8. The number of amides is 2. The molecule has 1 N–H and O–H groups in total. The highest BCUT2D eigenvalue weighted by atomic mass is 79.9.